The minimum absolute atomic E-state index is 0.0173. The van der Waals surface area contributed by atoms with Gasteiger partial charge in [0.2, 0.25) is 0 Å². The molecule has 0 fully saturated rings. The van der Waals surface area contributed by atoms with E-state index in [0.29, 0.717) is 5.75 Å². The Bertz CT molecular complexity index is 530. The molecule has 6 heteroatoms. The Morgan fingerprint density at radius 1 is 1.21 bits per heavy atom. The quantitative estimate of drug-likeness (QED) is 0.730. The van der Waals surface area contributed by atoms with Crippen LogP contribution in [0.15, 0.2) is 24.3 Å². The van der Waals surface area contributed by atoms with E-state index in [-0.39, 0.29) is 11.7 Å². The monoisotopic (exact) mass is 344 g/mol. The molecule has 0 aromatic heterocycles. The lowest BCUT2D eigenvalue weighted by Gasteiger charge is -2.38. The SMILES string of the molecule is CCC(C)Oc1ccc(C(O)(C(C)C)C(C(=O)OC)C(F)F)cc1. The molecule has 136 valence electrons. The van der Waals surface area contributed by atoms with Gasteiger partial charge in [-0.3, -0.25) is 4.79 Å². The number of rotatable bonds is 8. The molecule has 0 aliphatic rings. The highest BCUT2D eigenvalue weighted by atomic mass is 19.3. The third kappa shape index (κ3) is 4.23. The largest absolute Gasteiger partial charge is 0.491 e. The van der Waals surface area contributed by atoms with Gasteiger partial charge in [0.05, 0.1) is 13.2 Å². The Kier molecular flexibility index (Phi) is 7.14. The number of carbonyl (C=O) groups is 1. The molecule has 1 rings (SSSR count). The van der Waals surface area contributed by atoms with Crippen LogP contribution in [0.4, 0.5) is 8.78 Å². The van der Waals surface area contributed by atoms with Crippen molar-refractivity contribution < 1.29 is 28.2 Å². The summed E-state index contributed by atoms with van der Waals surface area (Å²) in [4.78, 5) is 11.8. The molecule has 0 spiro atoms. The molecule has 1 aromatic carbocycles. The Morgan fingerprint density at radius 3 is 2.12 bits per heavy atom. The molecule has 0 amide bonds. The Labute approximate surface area is 141 Å². The Morgan fingerprint density at radius 2 is 1.75 bits per heavy atom. The number of ether oxygens (including phenoxy) is 2. The molecule has 0 aliphatic heterocycles. The summed E-state index contributed by atoms with van der Waals surface area (Å²) in [5.74, 6) is -3.16. The third-order valence-corrected chi connectivity index (χ3v) is 4.29. The van der Waals surface area contributed by atoms with Crippen molar-refractivity contribution in [1.29, 1.82) is 0 Å². The molecule has 0 aliphatic carbocycles. The summed E-state index contributed by atoms with van der Waals surface area (Å²) in [5, 5.41) is 11.0. The predicted octanol–water partition coefficient (Wildman–Crippen LogP) is 3.76. The molecule has 0 saturated carbocycles. The smallest absolute Gasteiger partial charge is 0.317 e. The van der Waals surface area contributed by atoms with Crippen LogP contribution in [-0.2, 0) is 15.1 Å². The van der Waals surface area contributed by atoms with Gasteiger partial charge in [-0.05, 0) is 37.0 Å². The zero-order valence-electron chi connectivity index (χ0n) is 14.8. The highest BCUT2D eigenvalue weighted by Gasteiger charge is 2.51. The molecular formula is C18H26F2O4. The number of esters is 1. The summed E-state index contributed by atoms with van der Waals surface area (Å²) >= 11 is 0. The van der Waals surface area contributed by atoms with Gasteiger partial charge in [-0.15, -0.1) is 0 Å². The van der Waals surface area contributed by atoms with E-state index in [9.17, 15) is 18.7 Å². The molecule has 0 saturated heterocycles. The minimum atomic E-state index is -3.05. The molecular weight excluding hydrogens is 318 g/mol. The summed E-state index contributed by atoms with van der Waals surface area (Å²) in [7, 11) is 1.03. The van der Waals surface area contributed by atoms with Crippen LogP contribution < -0.4 is 4.74 Å². The number of hydrogen-bond acceptors (Lipinski definition) is 4. The van der Waals surface area contributed by atoms with Crippen molar-refractivity contribution in [3.63, 3.8) is 0 Å². The fraction of sp³-hybridized carbons (Fsp3) is 0.611. The van der Waals surface area contributed by atoms with E-state index in [1.807, 2.05) is 13.8 Å². The van der Waals surface area contributed by atoms with Gasteiger partial charge in [-0.1, -0.05) is 32.9 Å². The van der Waals surface area contributed by atoms with Gasteiger partial charge < -0.3 is 14.6 Å². The molecule has 1 aromatic rings. The number of carbonyl (C=O) groups excluding carboxylic acids is 1. The van der Waals surface area contributed by atoms with E-state index < -0.39 is 29.8 Å². The van der Waals surface area contributed by atoms with E-state index >= 15 is 0 Å². The standard InChI is InChI=1S/C18H26F2O4/c1-6-12(4)24-14-9-7-13(8-10-14)18(22,11(2)3)15(16(19)20)17(21)23-5/h7-12,15-16,22H,6H2,1-5H3. The van der Waals surface area contributed by atoms with E-state index in [0.717, 1.165) is 13.5 Å². The van der Waals surface area contributed by atoms with Gasteiger partial charge in [0.15, 0.2) is 5.92 Å². The zero-order chi connectivity index (χ0) is 18.5. The number of methoxy groups -OCH3 is 1. The number of alkyl halides is 2. The number of halogens is 2. The number of benzene rings is 1. The van der Waals surface area contributed by atoms with E-state index in [1.54, 1.807) is 26.0 Å². The maximum Gasteiger partial charge on any atom is 0.317 e. The highest BCUT2D eigenvalue weighted by molar-refractivity contribution is 5.74. The number of hydrogen-bond donors (Lipinski definition) is 1. The summed E-state index contributed by atoms with van der Waals surface area (Å²) in [6, 6.07) is 6.23. The lowest BCUT2D eigenvalue weighted by Crippen LogP contribution is -2.48. The van der Waals surface area contributed by atoms with Gasteiger partial charge in [-0.25, -0.2) is 8.78 Å². The van der Waals surface area contributed by atoms with Crippen molar-refractivity contribution in [2.24, 2.45) is 11.8 Å². The fourth-order valence-corrected chi connectivity index (χ4v) is 2.59. The Balaban J connectivity index is 3.25. The molecule has 24 heavy (non-hydrogen) atoms. The normalized spacial score (nSPS) is 16.6. The first-order chi connectivity index (χ1) is 11.2. The van der Waals surface area contributed by atoms with Crippen LogP contribution in [0.5, 0.6) is 5.75 Å². The maximum atomic E-state index is 13.5. The van der Waals surface area contributed by atoms with Gasteiger partial charge in [0, 0.05) is 0 Å². The van der Waals surface area contributed by atoms with Crippen LogP contribution in [-0.4, -0.2) is 30.7 Å². The molecule has 3 atom stereocenters. The summed E-state index contributed by atoms with van der Waals surface area (Å²) in [5.41, 5.74) is -1.82. The van der Waals surface area contributed by atoms with E-state index in [1.165, 1.54) is 12.1 Å². The first-order valence-electron chi connectivity index (χ1n) is 8.03. The first kappa shape index (κ1) is 20.4. The van der Waals surface area contributed by atoms with Crippen LogP contribution in [0.2, 0.25) is 0 Å². The van der Waals surface area contributed by atoms with Crippen LogP contribution in [0, 0.1) is 11.8 Å². The summed E-state index contributed by atoms with van der Waals surface area (Å²) < 4.78 is 37.1. The molecule has 3 unspecified atom stereocenters. The average molecular weight is 344 g/mol. The van der Waals surface area contributed by atoms with Gasteiger partial charge in [0.25, 0.3) is 6.43 Å². The number of aliphatic hydroxyl groups is 1. The van der Waals surface area contributed by atoms with Crippen molar-refractivity contribution in [3.8, 4) is 5.75 Å². The maximum absolute atomic E-state index is 13.5. The van der Waals surface area contributed by atoms with Crippen LogP contribution in [0.25, 0.3) is 0 Å². The van der Waals surface area contributed by atoms with Crippen molar-refractivity contribution in [1.82, 2.24) is 0 Å². The fourth-order valence-electron chi connectivity index (χ4n) is 2.59. The third-order valence-electron chi connectivity index (χ3n) is 4.29. The summed E-state index contributed by atoms with van der Waals surface area (Å²) in [6.45, 7) is 7.08. The highest BCUT2D eigenvalue weighted by Crippen LogP contribution is 2.41. The topological polar surface area (TPSA) is 55.8 Å². The summed E-state index contributed by atoms with van der Waals surface area (Å²) in [6.07, 6.45) is -2.21. The molecule has 0 radical (unpaired) electrons. The van der Waals surface area contributed by atoms with Gasteiger partial charge >= 0.3 is 5.97 Å². The van der Waals surface area contributed by atoms with Crippen molar-refractivity contribution in [2.75, 3.05) is 7.11 Å². The lowest BCUT2D eigenvalue weighted by atomic mass is 9.73. The van der Waals surface area contributed by atoms with E-state index in [2.05, 4.69) is 4.74 Å². The zero-order valence-corrected chi connectivity index (χ0v) is 14.8. The first-order valence-corrected chi connectivity index (χ1v) is 8.03. The van der Waals surface area contributed by atoms with Crippen molar-refractivity contribution >= 4 is 5.97 Å². The molecule has 0 bridgehead atoms. The molecule has 0 heterocycles. The van der Waals surface area contributed by atoms with Crippen LogP contribution in [0.1, 0.15) is 39.7 Å². The molecule has 1 N–H and O–H groups in total. The predicted molar refractivity (Wildman–Crippen MR) is 87.1 cm³/mol. The van der Waals surface area contributed by atoms with Crippen LogP contribution >= 0.6 is 0 Å². The molecule has 4 nitrogen and oxygen atoms in total. The average Bonchev–Trinajstić information content (AvgIpc) is 2.54. The van der Waals surface area contributed by atoms with Crippen molar-refractivity contribution in [3.05, 3.63) is 29.8 Å². The van der Waals surface area contributed by atoms with Crippen molar-refractivity contribution in [2.45, 2.75) is 52.2 Å². The lowest BCUT2D eigenvalue weighted by molar-refractivity contribution is -0.176. The minimum Gasteiger partial charge on any atom is -0.491 e. The second kappa shape index (κ2) is 8.42. The second-order valence-corrected chi connectivity index (χ2v) is 6.18. The van der Waals surface area contributed by atoms with Gasteiger partial charge in [-0.2, -0.15) is 0 Å². The Hall–Kier alpha value is -1.69. The van der Waals surface area contributed by atoms with Crippen LogP contribution in [0.3, 0.4) is 0 Å². The van der Waals surface area contributed by atoms with E-state index in [4.69, 9.17) is 4.74 Å². The second-order valence-electron chi connectivity index (χ2n) is 6.18. The van der Waals surface area contributed by atoms with Gasteiger partial charge in [0.1, 0.15) is 11.4 Å².